The Morgan fingerprint density at radius 2 is 0.899 bits per heavy atom. The number of hydrogen-bond acceptors (Lipinski definition) is 13. The van der Waals surface area contributed by atoms with Crippen LogP contribution in [0.15, 0.2) is 84.9 Å². The van der Waals surface area contributed by atoms with E-state index in [4.69, 9.17) is 47.9 Å². The van der Waals surface area contributed by atoms with Gasteiger partial charge in [-0.15, -0.1) is 12.4 Å². The third-order valence-electron chi connectivity index (χ3n) is 9.65. The summed E-state index contributed by atoms with van der Waals surface area (Å²) < 4.78 is 21.6. The van der Waals surface area contributed by atoms with Crippen LogP contribution in [-0.4, -0.2) is 72.4 Å². The first kappa shape index (κ1) is 55.7. The Morgan fingerprint density at radius 3 is 1.25 bits per heavy atom. The maximum absolute atomic E-state index is 13.0. The first-order valence-electron chi connectivity index (χ1n) is 22.3. The monoisotopic (exact) mass is 1000 g/mol. The Labute approximate surface area is 422 Å². The van der Waals surface area contributed by atoms with Gasteiger partial charge >= 0.3 is 24.2 Å². The molecule has 0 saturated carbocycles. The van der Waals surface area contributed by atoms with E-state index in [0.717, 1.165) is 34.4 Å². The van der Waals surface area contributed by atoms with Crippen LogP contribution < -0.4 is 15.2 Å². The molecule has 0 radical (unpaired) electrons. The van der Waals surface area contributed by atoms with Crippen molar-refractivity contribution in [3.63, 3.8) is 0 Å². The second-order valence-corrected chi connectivity index (χ2v) is 19.7. The van der Waals surface area contributed by atoms with Crippen LogP contribution in [0.3, 0.4) is 0 Å². The second kappa shape index (κ2) is 24.6. The number of aromatic nitrogens is 6. The van der Waals surface area contributed by atoms with Crippen molar-refractivity contribution in [2.24, 2.45) is 17.6 Å². The van der Waals surface area contributed by atoms with E-state index in [-0.39, 0.29) is 36.8 Å². The van der Waals surface area contributed by atoms with Crippen LogP contribution in [0.25, 0.3) is 45.6 Å². The lowest BCUT2D eigenvalue weighted by molar-refractivity contribution is -0.000264. The zero-order chi connectivity index (χ0) is 49.9. The topological polar surface area (TPSA) is 178 Å². The van der Waals surface area contributed by atoms with Crippen molar-refractivity contribution < 1.29 is 28.5 Å². The maximum atomic E-state index is 13.0. The van der Waals surface area contributed by atoms with Crippen LogP contribution in [0.4, 0.5) is 9.59 Å². The molecule has 2 aromatic heterocycles. The third kappa shape index (κ3) is 16.6. The molecular weight excluding hydrogens is 939 g/mol. The SMILES string of the molecule is COc1nc(-c2ccc(CC(C)C)cc2)nc(-c2cc(CN(C(=O)OC(C)(C)C)C(=O)OC(C)(C)C)ccc2Cl)n1.COc1nc(-c2ccc(CC(C)C)cc2)nc(-c2cc(CN)ccc2Cl)n1.Cl. The van der Waals surface area contributed by atoms with Crippen LogP contribution >= 0.6 is 35.6 Å². The molecule has 2 N–H and O–H groups in total. The molecule has 0 fully saturated rings. The van der Waals surface area contributed by atoms with Crippen LogP contribution in [0.5, 0.6) is 12.0 Å². The highest BCUT2D eigenvalue weighted by Crippen LogP contribution is 2.32. The fourth-order valence-corrected chi connectivity index (χ4v) is 7.05. The van der Waals surface area contributed by atoms with Gasteiger partial charge in [0.1, 0.15) is 11.2 Å². The maximum Gasteiger partial charge on any atom is 0.420 e. The first-order chi connectivity index (χ1) is 32.0. The van der Waals surface area contributed by atoms with Gasteiger partial charge in [-0.1, -0.05) is 112 Å². The summed E-state index contributed by atoms with van der Waals surface area (Å²) in [6, 6.07) is 27.3. The Balaban J connectivity index is 0.000000321. The molecule has 368 valence electrons. The third-order valence-corrected chi connectivity index (χ3v) is 10.3. The minimum absolute atomic E-state index is 0. The molecule has 14 nitrogen and oxygen atoms in total. The van der Waals surface area contributed by atoms with E-state index in [1.807, 2.05) is 36.4 Å². The molecule has 0 aliphatic carbocycles. The zero-order valence-corrected chi connectivity index (χ0v) is 43.7. The molecule has 0 atom stereocenters. The fraction of sp³-hybridized carbons (Fsp3) is 0.385. The van der Waals surface area contributed by atoms with Crippen LogP contribution in [0.1, 0.15) is 91.5 Å². The highest BCUT2D eigenvalue weighted by Gasteiger charge is 2.32. The predicted molar refractivity (Wildman–Crippen MR) is 275 cm³/mol. The van der Waals surface area contributed by atoms with E-state index in [1.165, 1.54) is 25.3 Å². The summed E-state index contributed by atoms with van der Waals surface area (Å²) in [4.78, 5) is 53.9. The van der Waals surface area contributed by atoms with Gasteiger partial charge in [0.25, 0.3) is 0 Å². The van der Waals surface area contributed by atoms with E-state index in [9.17, 15) is 9.59 Å². The smallest absolute Gasteiger partial charge is 0.420 e. The molecule has 6 aromatic rings. The van der Waals surface area contributed by atoms with E-state index in [0.29, 0.717) is 62.6 Å². The molecule has 0 spiro atoms. The number of imide groups is 1. The van der Waals surface area contributed by atoms with Gasteiger partial charge in [-0.2, -0.15) is 19.9 Å². The van der Waals surface area contributed by atoms with Crippen LogP contribution in [0.2, 0.25) is 10.0 Å². The molecule has 17 heteroatoms. The molecular formula is C52H63Cl3N8O6. The van der Waals surface area contributed by atoms with Crippen molar-refractivity contribution in [3.8, 4) is 57.6 Å². The second-order valence-electron chi connectivity index (χ2n) is 18.9. The number of benzene rings is 4. The van der Waals surface area contributed by atoms with Crippen molar-refractivity contribution in [1.82, 2.24) is 34.8 Å². The van der Waals surface area contributed by atoms with Gasteiger partial charge in [-0.05, 0) is 113 Å². The summed E-state index contributed by atoms with van der Waals surface area (Å²) in [6.45, 7) is 19.4. The zero-order valence-electron chi connectivity index (χ0n) is 41.4. The van der Waals surface area contributed by atoms with Crippen molar-refractivity contribution in [3.05, 3.63) is 117 Å². The summed E-state index contributed by atoms with van der Waals surface area (Å²) in [6.07, 6.45) is 0.354. The van der Waals surface area contributed by atoms with Gasteiger partial charge < -0.3 is 24.7 Å². The molecule has 0 aliphatic heterocycles. The number of hydrogen-bond donors (Lipinski definition) is 1. The van der Waals surface area contributed by atoms with Gasteiger partial charge in [-0.25, -0.2) is 24.5 Å². The number of nitrogens with zero attached hydrogens (tertiary/aromatic N) is 7. The minimum Gasteiger partial charge on any atom is -0.467 e. The Bertz CT molecular complexity index is 2640. The highest BCUT2D eigenvalue weighted by atomic mass is 35.5. The lowest BCUT2D eigenvalue weighted by Gasteiger charge is -2.28. The molecule has 0 bridgehead atoms. The average Bonchev–Trinajstić information content (AvgIpc) is 3.27. The van der Waals surface area contributed by atoms with Crippen LogP contribution in [-0.2, 0) is 35.4 Å². The van der Waals surface area contributed by atoms with E-state index in [2.05, 4.69) is 81.9 Å². The quantitative estimate of drug-likeness (QED) is 0.116. The summed E-state index contributed by atoms with van der Waals surface area (Å²) in [5.74, 6) is 2.86. The molecule has 0 saturated heterocycles. The minimum atomic E-state index is -0.826. The first-order valence-corrected chi connectivity index (χ1v) is 23.1. The normalized spacial score (nSPS) is 11.3. The number of ether oxygens (including phenoxy) is 4. The number of carbonyl (C=O) groups is 2. The Hall–Kier alpha value is -5.93. The van der Waals surface area contributed by atoms with Gasteiger partial charge in [0, 0.05) is 28.8 Å². The van der Waals surface area contributed by atoms with Crippen molar-refractivity contribution in [2.75, 3.05) is 14.2 Å². The number of halogens is 3. The lowest BCUT2D eigenvalue weighted by Crippen LogP contribution is -2.43. The fourth-order valence-electron chi connectivity index (χ4n) is 6.65. The predicted octanol–water partition coefficient (Wildman–Crippen LogP) is 12.7. The van der Waals surface area contributed by atoms with Gasteiger partial charge in [0.15, 0.2) is 23.3 Å². The number of nitrogens with two attached hydrogens (primary N) is 1. The number of carbonyl (C=O) groups excluding carboxylic acids is 2. The molecule has 69 heavy (non-hydrogen) atoms. The molecule has 2 amide bonds. The number of methoxy groups -OCH3 is 2. The summed E-state index contributed by atoms with van der Waals surface area (Å²) in [5.41, 5.74) is 11.1. The largest absolute Gasteiger partial charge is 0.467 e. The average molecular weight is 1000 g/mol. The molecule has 4 aromatic carbocycles. The molecule has 2 heterocycles. The molecule has 0 aliphatic rings. The molecule has 6 rings (SSSR count). The number of rotatable bonds is 13. The lowest BCUT2D eigenvalue weighted by atomic mass is 10.0. The van der Waals surface area contributed by atoms with Gasteiger partial charge in [0.2, 0.25) is 0 Å². The van der Waals surface area contributed by atoms with Crippen molar-refractivity contribution in [1.29, 1.82) is 0 Å². The summed E-state index contributed by atoms with van der Waals surface area (Å²) in [7, 11) is 3.01. The van der Waals surface area contributed by atoms with Gasteiger partial charge in [-0.3, -0.25) is 0 Å². The number of amides is 2. The van der Waals surface area contributed by atoms with E-state index in [1.54, 1.807) is 65.8 Å². The Morgan fingerprint density at radius 1 is 0.551 bits per heavy atom. The van der Waals surface area contributed by atoms with Crippen molar-refractivity contribution >= 4 is 47.8 Å². The van der Waals surface area contributed by atoms with Crippen molar-refractivity contribution in [2.45, 2.75) is 106 Å². The molecule has 0 unspecified atom stereocenters. The summed E-state index contributed by atoms with van der Waals surface area (Å²) in [5, 5.41) is 0.931. The van der Waals surface area contributed by atoms with Crippen LogP contribution in [0, 0.1) is 11.8 Å². The van der Waals surface area contributed by atoms with E-state index >= 15 is 0 Å². The Kier molecular flexibility index (Phi) is 19.8. The highest BCUT2D eigenvalue weighted by molar-refractivity contribution is 6.33. The van der Waals surface area contributed by atoms with E-state index < -0.39 is 23.4 Å². The standard InChI is InChI=1S/C31H39ClN4O5.C21H23ClN4O.ClH/c1-19(2)16-20-10-13-22(14-11-20)25-33-26(35-27(34-25)39-9)23-17-21(12-15-24(23)32)18-36(28(37)40-30(3,4)5)29(38)41-31(6,7)8;1-13(2)10-14-4-7-16(8-5-14)19-24-20(26-21(25-19)27-3)17-11-15(12-23)6-9-18(17)22;/h10-15,17,19H,16,18H2,1-9H3;4-9,11,13H,10,12,23H2,1-3H3;1H. The van der Waals surface area contributed by atoms with Gasteiger partial charge in [0.05, 0.1) is 30.8 Å². The summed E-state index contributed by atoms with van der Waals surface area (Å²) >= 11 is 13.0.